The molecule has 1 aromatic heterocycles. The molecule has 0 aliphatic carbocycles. The molecule has 2 heterocycles. The van der Waals surface area contributed by atoms with E-state index in [4.69, 9.17) is 0 Å². The Bertz CT molecular complexity index is 725. The fourth-order valence-corrected chi connectivity index (χ4v) is 3.03. The van der Waals surface area contributed by atoms with Crippen LogP contribution in [0.4, 0.5) is 4.39 Å². The zero-order chi connectivity index (χ0) is 15.7. The van der Waals surface area contributed by atoms with Crippen LogP contribution in [0.1, 0.15) is 23.2 Å². The number of amides is 2. The van der Waals surface area contributed by atoms with Crippen LogP contribution in [-0.4, -0.2) is 41.8 Å². The van der Waals surface area contributed by atoms with Crippen molar-refractivity contribution in [1.82, 2.24) is 15.2 Å². The Morgan fingerprint density at radius 1 is 1.41 bits per heavy atom. The molecular formula is C16H18FN3O2. The Morgan fingerprint density at radius 3 is 3.00 bits per heavy atom. The lowest BCUT2D eigenvalue weighted by Crippen LogP contribution is -2.44. The number of carbonyl (C=O) groups is 2. The first-order chi connectivity index (χ1) is 10.6. The Labute approximate surface area is 127 Å². The van der Waals surface area contributed by atoms with Gasteiger partial charge in [0.1, 0.15) is 5.82 Å². The van der Waals surface area contributed by atoms with Gasteiger partial charge in [0.25, 0.3) is 5.91 Å². The van der Waals surface area contributed by atoms with E-state index in [1.165, 1.54) is 12.1 Å². The summed E-state index contributed by atoms with van der Waals surface area (Å²) in [6.07, 6.45) is 3.21. The molecule has 1 aliphatic heterocycles. The highest BCUT2D eigenvalue weighted by Crippen LogP contribution is 2.24. The monoisotopic (exact) mass is 303 g/mol. The van der Waals surface area contributed by atoms with Crippen molar-refractivity contribution >= 4 is 22.7 Å². The van der Waals surface area contributed by atoms with E-state index in [0.717, 1.165) is 12.8 Å². The number of benzene rings is 1. The quantitative estimate of drug-likeness (QED) is 0.890. The maximum Gasteiger partial charge on any atom is 0.256 e. The number of aromatic amines is 1. The number of rotatable bonds is 2. The second-order valence-electron chi connectivity index (χ2n) is 5.60. The molecule has 6 heteroatoms. The Balaban J connectivity index is 1.84. The zero-order valence-corrected chi connectivity index (χ0v) is 12.4. The van der Waals surface area contributed by atoms with E-state index in [2.05, 4.69) is 10.3 Å². The second kappa shape index (κ2) is 5.79. The van der Waals surface area contributed by atoms with Gasteiger partial charge < -0.3 is 15.2 Å². The number of carbonyl (C=O) groups excluding carboxylic acids is 2. The number of hydrogen-bond acceptors (Lipinski definition) is 2. The zero-order valence-electron chi connectivity index (χ0n) is 12.4. The normalized spacial score (nSPS) is 18.5. The predicted octanol–water partition coefficient (Wildman–Crippen LogP) is 1.91. The van der Waals surface area contributed by atoms with Crippen molar-refractivity contribution in [1.29, 1.82) is 0 Å². The summed E-state index contributed by atoms with van der Waals surface area (Å²) < 4.78 is 13.2. The third kappa shape index (κ3) is 2.56. The van der Waals surface area contributed by atoms with Gasteiger partial charge in [0, 0.05) is 37.2 Å². The third-order valence-electron chi connectivity index (χ3n) is 4.20. The third-order valence-corrected chi connectivity index (χ3v) is 4.20. The van der Waals surface area contributed by atoms with Crippen LogP contribution in [0.2, 0.25) is 0 Å². The number of nitrogens with one attached hydrogen (secondary N) is 2. The molecule has 2 N–H and O–H groups in total. The lowest BCUT2D eigenvalue weighted by Gasteiger charge is -2.31. The smallest absolute Gasteiger partial charge is 0.256 e. The van der Waals surface area contributed by atoms with Gasteiger partial charge in [-0.2, -0.15) is 0 Å². The molecule has 3 rings (SSSR count). The molecule has 0 spiro atoms. The van der Waals surface area contributed by atoms with E-state index in [-0.39, 0.29) is 23.5 Å². The van der Waals surface area contributed by atoms with Gasteiger partial charge in [-0.25, -0.2) is 4.39 Å². The van der Waals surface area contributed by atoms with Crippen LogP contribution in [0, 0.1) is 11.7 Å². The van der Waals surface area contributed by atoms with Crippen LogP contribution in [0.3, 0.4) is 0 Å². The standard InChI is InChI=1S/C16H18FN3O2/c1-18-15(21)10-3-2-6-20(9-10)16(22)13-8-19-14-7-11(17)4-5-12(13)14/h4-5,7-8,10,19H,2-3,6,9H2,1H3,(H,18,21). The average molecular weight is 303 g/mol. The molecule has 0 bridgehead atoms. The highest BCUT2D eigenvalue weighted by atomic mass is 19.1. The molecule has 2 aromatic rings. The number of nitrogens with zero attached hydrogens (tertiary/aromatic N) is 1. The first-order valence-electron chi connectivity index (χ1n) is 7.37. The second-order valence-corrected chi connectivity index (χ2v) is 5.60. The van der Waals surface area contributed by atoms with Gasteiger partial charge in [-0.1, -0.05) is 0 Å². The largest absolute Gasteiger partial charge is 0.360 e. The molecule has 0 saturated carbocycles. The fraction of sp³-hybridized carbons (Fsp3) is 0.375. The molecular weight excluding hydrogens is 285 g/mol. The summed E-state index contributed by atoms with van der Waals surface area (Å²) >= 11 is 0. The average Bonchev–Trinajstić information content (AvgIpc) is 2.96. The minimum atomic E-state index is -0.342. The summed E-state index contributed by atoms with van der Waals surface area (Å²) in [7, 11) is 1.61. The van der Waals surface area contributed by atoms with Crippen molar-refractivity contribution in [3.05, 3.63) is 35.8 Å². The lowest BCUT2D eigenvalue weighted by molar-refractivity contribution is -0.125. The van der Waals surface area contributed by atoms with Crippen LogP contribution in [-0.2, 0) is 4.79 Å². The predicted molar refractivity (Wildman–Crippen MR) is 81.0 cm³/mol. The Morgan fingerprint density at radius 2 is 2.23 bits per heavy atom. The van der Waals surface area contributed by atoms with Gasteiger partial charge in [0.15, 0.2) is 0 Å². The molecule has 116 valence electrons. The molecule has 1 aromatic carbocycles. The number of aromatic nitrogens is 1. The van der Waals surface area contributed by atoms with E-state index in [9.17, 15) is 14.0 Å². The number of H-pyrrole nitrogens is 1. The van der Waals surface area contributed by atoms with Crippen molar-refractivity contribution < 1.29 is 14.0 Å². The summed E-state index contributed by atoms with van der Waals surface area (Å²) in [6, 6.07) is 4.32. The molecule has 22 heavy (non-hydrogen) atoms. The summed E-state index contributed by atoms with van der Waals surface area (Å²) in [5, 5.41) is 3.34. The highest BCUT2D eigenvalue weighted by molar-refractivity contribution is 6.06. The van der Waals surface area contributed by atoms with Gasteiger partial charge in [-0.05, 0) is 31.0 Å². The van der Waals surface area contributed by atoms with Crippen molar-refractivity contribution in [3.8, 4) is 0 Å². The molecule has 5 nitrogen and oxygen atoms in total. The van der Waals surface area contributed by atoms with Gasteiger partial charge in [0.2, 0.25) is 5.91 Å². The summed E-state index contributed by atoms with van der Waals surface area (Å²) in [5.41, 5.74) is 1.12. The Hall–Kier alpha value is -2.37. The number of fused-ring (bicyclic) bond motifs is 1. The first-order valence-corrected chi connectivity index (χ1v) is 7.37. The maximum atomic E-state index is 13.2. The van der Waals surface area contributed by atoms with Crippen molar-refractivity contribution in [2.45, 2.75) is 12.8 Å². The van der Waals surface area contributed by atoms with Gasteiger partial charge in [-0.3, -0.25) is 9.59 Å². The van der Waals surface area contributed by atoms with Gasteiger partial charge in [-0.15, -0.1) is 0 Å². The van der Waals surface area contributed by atoms with Crippen molar-refractivity contribution in [2.24, 2.45) is 5.92 Å². The minimum Gasteiger partial charge on any atom is -0.360 e. The molecule has 1 aliphatic rings. The molecule has 0 radical (unpaired) electrons. The number of likely N-dealkylation sites (tertiary alicyclic amines) is 1. The summed E-state index contributed by atoms with van der Waals surface area (Å²) in [5.74, 6) is -0.652. The Kier molecular flexibility index (Phi) is 3.83. The van der Waals surface area contributed by atoms with Crippen LogP contribution >= 0.6 is 0 Å². The molecule has 1 atom stereocenters. The van der Waals surface area contributed by atoms with Crippen molar-refractivity contribution in [3.63, 3.8) is 0 Å². The first kappa shape index (κ1) is 14.6. The molecule has 1 saturated heterocycles. The molecule has 1 fully saturated rings. The number of hydrogen-bond donors (Lipinski definition) is 2. The van der Waals surface area contributed by atoms with E-state index in [1.54, 1.807) is 24.2 Å². The van der Waals surface area contributed by atoms with E-state index < -0.39 is 0 Å². The van der Waals surface area contributed by atoms with E-state index in [1.807, 2.05) is 0 Å². The van der Waals surface area contributed by atoms with E-state index >= 15 is 0 Å². The van der Waals surface area contributed by atoms with Crippen molar-refractivity contribution in [2.75, 3.05) is 20.1 Å². The topological polar surface area (TPSA) is 65.2 Å². The lowest BCUT2D eigenvalue weighted by atomic mass is 9.96. The van der Waals surface area contributed by atoms with Gasteiger partial charge in [0.05, 0.1) is 11.5 Å². The number of halogens is 1. The SMILES string of the molecule is CNC(=O)C1CCCN(C(=O)c2c[nH]c3cc(F)ccc23)C1. The molecule has 2 amide bonds. The van der Waals surface area contributed by atoms with Crippen LogP contribution in [0.15, 0.2) is 24.4 Å². The summed E-state index contributed by atoms with van der Waals surface area (Å²) in [4.78, 5) is 29.1. The number of piperidine rings is 1. The molecule has 1 unspecified atom stereocenters. The fourth-order valence-electron chi connectivity index (χ4n) is 3.03. The van der Waals surface area contributed by atoms with Crippen LogP contribution < -0.4 is 5.32 Å². The minimum absolute atomic E-state index is 0.0292. The summed E-state index contributed by atoms with van der Waals surface area (Å²) in [6.45, 7) is 1.06. The maximum absolute atomic E-state index is 13.2. The van der Waals surface area contributed by atoms with Crippen LogP contribution in [0.5, 0.6) is 0 Å². The van der Waals surface area contributed by atoms with Gasteiger partial charge >= 0.3 is 0 Å². The van der Waals surface area contributed by atoms with Crippen LogP contribution in [0.25, 0.3) is 10.9 Å². The van der Waals surface area contributed by atoms with E-state index in [0.29, 0.717) is 29.6 Å². The highest BCUT2D eigenvalue weighted by Gasteiger charge is 2.29.